The molecule has 0 radical (unpaired) electrons. The van der Waals surface area contributed by atoms with Crippen LogP contribution in [0.2, 0.25) is 0 Å². The van der Waals surface area contributed by atoms with E-state index in [9.17, 15) is 0 Å². The van der Waals surface area contributed by atoms with Crippen molar-refractivity contribution in [2.24, 2.45) is 5.92 Å². The summed E-state index contributed by atoms with van der Waals surface area (Å²) in [6, 6.07) is 4.24. The Kier molecular flexibility index (Phi) is 3.27. The second kappa shape index (κ2) is 5.12. The Balaban J connectivity index is 1.36. The molecule has 1 spiro atoms. The predicted molar refractivity (Wildman–Crippen MR) is 78.7 cm³/mol. The van der Waals surface area contributed by atoms with E-state index in [1.165, 1.54) is 57.3 Å². The Morgan fingerprint density at radius 1 is 1.30 bits per heavy atom. The van der Waals surface area contributed by atoms with Gasteiger partial charge >= 0.3 is 0 Å². The third-order valence-corrected chi connectivity index (χ3v) is 5.35. The van der Waals surface area contributed by atoms with E-state index in [2.05, 4.69) is 16.0 Å². The van der Waals surface area contributed by atoms with Crippen LogP contribution in [-0.4, -0.2) is 41.7 Å². The summed E-state index contributed by atoms with van der Waals surface area (Å²) in [7, 11) is 0. The fraction of sp³-hybridized carbons (Fsp3) is 0.706. The highest BCUT2D eigenvalue weighted by Gasteiger charge is 2.43. The number of ether oxygens (including phenoxy) is 1. The maximum absolute atomic E-state index is 6.26. The fourth-order valence-electron chi connectivity index (χ4n) is 3.83. The van der Waals surface area contributed by atoms with E-state index >= 15 is 0 Å². The molecule has 20 heavy (non-hydrogen) atoms. The number of hydrogen-bond acceptors (Lipinski definition) is 3. The van der Waals surface area contributed by atoms with Crippen LogP contribution in [0.3, 0.4) is 0 Å². The molecule has 108 valence electrons. The maximum Gasteiger partial charge on any atom is 0.0713 e. The molecular weight excluding hydrogens is 248 g/mol. The van der Waals surface area contributed by atoms with Crippen LogP contribution in [0.25, 0.3) is 0 Å². The first-order chi connectivity index (χ1) is 9.83. The standard InChI is InChI=1S/C17H24N2O/c1-2-15(11-18-7-1)16-10-17(20-13-16)5-8-19(9-6-17)12-14-3-4-14/h1-2,7,11,14,16H,3-6,8-10,12-13H2. The number of hydrogen-bond donors (Lipinski definition) is 0. The molecule has 0 aromatic carbocycles. The predicted octanol–water partition coefficient (Wildman–Crippen LogP) is 2.83. The zero-order valence-electron chi connectivity index (χ0n) is 12.1. The van der Waals surface area contributed by atoms with Gasteiger partial charge in [0.15, 0.2) is 0 Å². The third-order valence-electron chi connectivity index (χ3n) is 5.35. The quantitative estimate of drug-likeness (QED) is 0.846. The molecule has 1 aromatic rings. The van der Waals surface area contributed by atoms with Gasteiger partial charge in [0.05, 0.1) is 12.2 Å². The van der Waals surface area contributed by atoms with Gasteiger partial charge in [0, 0.05) is 37.9 Å². The van der Waals surface area contributed by atoms with Crippen molar-refractivity contribution in [2.75, 3.05) is 26.2 Å². The molecule has 0 bridgehead atoms. The van der Waals surface area contributed by atoms with E-state index in [0.717, 1.165) is 12.5 Å². The largest absolute Gasteiger partial charge is 0.374 e. The average molecular weight is 272 g/mol. The van der Waals surface area contributed by atoms with Gasteiger partial charge in [0.25, 0.3) is 0 Å². The van der Waals surface area contributed by atoms with E-state index in [4.69, 9.17) is 4.74 Å². The normalized spacial score (nSPS) is 29.9. The second-order valence-electron chi connectivity index (χ2n) is 6.93. The van der Waals surface area contributed by atoms with Crippen LogP contribution in [-0.2, 0) is 4.74 Å². The molecule has 2 aliphatic heterocycles. The molecule has 0 amide bonds. The average Bonchev–Trinajstić information content (AvgIpc) is 3.22. The first kappa shape index (κ1) is 12.8. The molecule has 4 rings (SSSR count). The molecule has 1 aliphatic carbocycles. The van der Waals surface area contributed by atoms with E-state index < -0.39 is 0 Å². The fourth-order valence-corrected chi connectivity index (χ4v) is 3.83. The van der Waals surface area contributed by atoms with Crippen LogP contribution in [0.1, 0.15) is 43.6 Å². The lowest BCUT2D eigenvalue weighted by atomic mass is 9.83. The van der Waals surface area contributed by atoms with Crippen molar-refractivity contribution in [3.8, 4) is 0 Å². The molecular formula is C17H24N2O. The van der Waals surface area contributed by atoms with Gasteiger partial charge in [0.1, 0.15) is 0 Å². The molecule has 1 atom stereocenters. The summed E-state index contributed by atoms with van der Waals surface area (Å²) < 4.78 is 6.26. The minimum absolute atomic E-state index is 0.167. The van der Waals surface area contributed by atoms with E-state index in [0.29, 0.717) is 5.92 Å². The van der Waals surface area contributed by atoms with Crippen molar-refractivity contribution < 1.29 is 4.74 Å². The molecule has 3 heteroatoms. The highest BCUT2D eigenvalue weighted by atomic mass is 16.5. The lowest BCUT2D eigenvalue weighted by Crippen LogP contribution is -2.44. The van der Waals surface area contributed by atoms with E-state index in [1.54, 1.807) is 0 Å². The van der Waals surface area contributed by atoms with Crippen molar-refractivity contribution in [1.29, 1.82) is 0 Å². The molecule has 0 N–H and O–H groups in total. The Morgan fingerprint density at radius 2 is 2.15 bits per heavy atom. The van der Waals surface area contributed by atoms with Crippen molar-refractivity contribution in [1.82, 2.24) is 9.88 Å². The lowest BCUT2D eigenvalue weighted by molar-refractivity contribution is -0.0440. The zero-order valence-corrected chi connectivity index (χ0v) is 12.1. The smallest absolute Gasteiger partial charge is 0.0713 e. The molecule has 3 aliphatic rings. The topological polar surface area (TPSA) is 25.4 Å². The number of piperidine rings is 1. The highest BCUT2D eigenvalue weighted by molar-refractivity contribution is 5.18. The number of aromatic nitrogens is 1. The highest BCUT2D eigenvalue weighted by Crippen LogP contribution is 2.43. The Bertz CT molecular complexity index is 449. The molecule has 3 heterocycles. The zero-order chi connectivity index (χ0) is 13.4. The van der Waals surface area contributed by atoms with Crippen LogP contribution in [0, 0.1) is 5.92 Å². The minimum Gasteiger partial charge on any atom is -0.374 e. The number of pyridine rings is 1. The van der Waals surface area contributed by atoms with Crippen molar-refractivity contribution in [3.63, 3.8) is 0 Å². The van der Waals surface area contributed by atoms with Gasteiger partial charge in [-0.05, 0) is 49.7 Å². The maximum atomic E-state index is 6.26. The molecule has 2 saturated heterocycles. The summed E-state index contributed by atoms with van der Waals surface area (Å²) in [6.45, 7) is 4.68. The first-order valence-corrected chi connectivity index (χ1v) is 8.09. The van der Waals surface area contributed by atoms with E-state index in [-0.39, 0.29) is 5.60 Å². The molecule has 1 unspecified atom stereocenters. The van der Waals surface area contributed by atoms with Crippen LogP contribution in [0.15, 0.2) is 24.5 Å². The number of nitrogens with zero attached hydrogens (tertiary/aromatic N) is 2. The SMILES string of the molecule is c1cncc(C2COC3(CCN(CC4CC4)CC3)C2)c1. The summed E-state index contributed by atoms with van der Waals surface area (Å²) in [5.74, 6) is 1.57. The van der Waals surface area contributed by atoms with Gasteiger partial charge in [-0.25, -0.2) is 0 Å². The van der Waals surface area contributed by atoms with Gasteiger partial charge in [-0.15, -0.1) is 0 Å². The summed E-state index contributed by atoms with van der Waals surface area (Å²) in [6.07, 6.45) is 10.4. The van der Waals surface area contributed by atoms with Crippen molar-refractivity contribution >= 4 is 0 Å². The lowest BCUT2D eigenvalue weighted by Gasteiger charge is -2.38. The Morgan fingerprint density at radius 3 is 2.85 bits per heavy atom. The minimum atomic E-state index is 0.167. The monoisotopic (exact) mass is 272 g/mol. The van der Waals surface area contributed by atoms with Gasteiger partial charge in [-0.1, -0.05) is 6.07 Å². The van der Waals surface area contributed by atoms with Crippen LogP contribution < -0.4 is 0 Å². The van der Waals surface area contributed by atoms with E-state index in [1.807, 2.05) is 18.5 Å². The number of likely N-dealkylation sites (tertiary alicyclic amines) is 1. The van der Waals surface area contributed by atoms with Gasteiger partial charge in [-0.2, -0.15) is 0 Å². The first-order valence-electron chi connectivity index (χ1n) is 8.09. The van der Waals surface area contributed by atoms with Crippen molar-refractivity contribution in [3.05, 3.63) is 30.1 Å². The van der Waals surface area contributed by atoms with Crippen molar-refractivity contribution in [2.45, 2.75) is 43.6 Å². The molecule has 1 saturated carbocycles. The van der Waals surface area contributed by atoms with Gasteiger partial charge in [0.2, 0.25) is 0 Å². The Hall–Kier alpha value is -0.930. The summed E-state index contributed by atoms with van der Waals surface area (Å²) in [5, 5.41) is 0. The molecule has 3 fully saturated rings. The van der Waals surface area contributed by atoms with Crippen LogP contribution in [0.5, 0.6) is 0 Å². The van der Waals surface area contributed by atoms with Gasteiger partial charge < -0.3 is 9.64 Å². The van der Waals surface area contributed by atoms with Gasteiger partial charge in [-0.3, -0.25) is 4.98 Å². The van der Waals surface area contributed by atoms with Crippen LogP contribution in [0.4, 0.5) is 0 Å². The molecule has 1 aromatic heterocycles. The molecule has 3 nitrogen and oxygen atoms in total. The number of rotatable bonds is 3. The third kappa shape index (κ3) is 2.61. The summed E-state index contributed by atoms with van der Waals surface area (Å²) >= 11 is 0. The Labute approximate surface area is 121 Å². The van der Waals surface area contributed by atoms with Crippen LogP contribution >= 0.6 is 0 Å². The summed E-state index contributed by atoms with van der Waals surface area (Å²) in [4.78, 5) is 6.91. The second-order valence-corrected chi connectivity index (χ2v) is 6.93. The summed E-state index contributed by atoms with van der Waals surface area (Å²) in [5.41, 5.74) is 1.52.